The van der Waals surface area contributed by atoms with Crippen molar-refractivity contribution in [2.45, 2.75) is 24.2 Å². The summed E-state index contributed by atoms with van der Waals surface area (Å²) in [5.41, 5.74) is 2.96. The number of nitrogens with one attached hydrogen (secondary N) is 1. The van der Waals surface area contributed by atoms with Gasteiger partial charge >= 0.3 is 0 Å². The van der Waals surface area contributed by atoms with Crippen LogP contribution in [0.4, 0.5) is 0 Å². The highest BCUT2D eigenvalue weighted by atomic mass is 32.2. The van der Waals surface area contributed by atoms with Crippen molar-refractivity contribution in [2.24, 2.45) is 5.10 Å². The maximum Gasteiger partial charge on any atom is 0.271 e. The number of phenolic OH excluding ortho intramolecular Hbond substituents is 2. The van der Waals surface area contributed by atoms with Gasteiger partial charge in [0, 0.05) is 18.7 Å². The molecule has 3 rings (SSSR count). The van der Waals surface area contributed by atoms with Gasteiger partial charge in [0.05, 0.1) is 11.1 Å². The maximum atomic E-state index is 12.7. The highest BCUT2D eigenvalue weighted by Crippen LogP contribution is 2.24. The zero-order valence-electron chi connectivity index (χ0n) is 15.1. The smallest absolute Gasteiger partial charge is 0.271 e. The number of amides is 1. The molecule has 0 spiro atoms. The molecule has 0 aromatic heterocycles. The van der Waals surface area contributed by atoms with Crippen LogP contribution in [-0.4, -0.2) is 48.1 Å². The van der Waals surface area contributed by atoms with Crippen LogP contribution in [0.2, 0.25) is 0 Å². The monoisotopic (exact) mass is 403 g/mol. The van der Waals surface area contributed by atoms with Crippen molar-refractivity contribution in [2.75, 3.05) is 13.1 Å². The van der Waals surface area contributed by atoms with Gasteiger partial charge in [0.2, 0.25) is 10.0 Å². The Labute approximate surface area is 163 Å². The average molecular weight is 403 g/mol. The average Bonchev–Trinajstić information content (AvgIpc) is 2.71. The highest BCUT2D eigenvalue weighted by molar-refractivity contribution is 7.89. The maximum absolute atomic E-state index is 12.7. The lowest BCUT2D eigenvalue weighted by molar-refractivity contribution is 0.0955. The quantitative estimate of drug-likeness (QED) is 0.401. The van der Waals surface area contributed by atoms with Crippen LogP contribution in [0.3, 0.4) is 0 Å². The van der Waals surface area contributed by atoms with E-state index in [1.807, 2.05) is 0 Å². The number of aromatic hydroxyl groups is 2. The minimum Gasteiger partial charge on any atom is -0.504 e. The van der Waals surface area contributed by atoms with Gasteiger partial charge in [0.1, 0.15) is 0 Å². The molecule has 1 saturated heterocycles. The van der Waals surface area contributed by atoms with Crippen LogP contribution in [0.1, 0.15) is 35.2 Å². The van der Waals surface area contributed by atoms with Crippen LogP contribution >= 0.6 is 0 Å². The molecule has 2 aromatic rings. The zero-order chi connectivity index (χ0) is 20.1. The summed E-state index contributed by atoms with van der Waals surface area (Å²) < 4.78 is 26.9. The van der Waals surface area contributed by atoms with Crippen LogP contribution in [-0.2, 0) is 10.0 Å². The number of phenols is 2. The summed E-state index contributed by atoms with van der Waals surface area (Å²) in [6.07, 6.45) is 3.98. The molecule has 3 N–H and O–H groups in total. The third-order valence-corrected chi connectivity index (χ3v) is 6.32. The second-order valence-corrected chi connectivity index (χ2v) is 8.38. The minimum absolute atomic E-state index is 0.0782. The molecule has 148 valence electrons. The Kier molecular flexibility index (Phi) is 5.96. The van der Waals surface area contributed by atoms with Crippen LogP contribution in [0.25, 0.3) is 0 Å². The molecule has 0 unspecified atom stereocenters. The number of hydrazone groups is 1. The summed E-state index contributed by atoms with van der Waals surface area (Å²) >= 11 is 0. The van der Waals surface area contributed by atoms with E-state index in [4.69, 9.17) is 0 Å². The molecule has 1 aliphatic rings. The molecule has 1 heterocycles. The van der Waals surface area contributed by atoms with Crippen molar-refractivity contribution in [3.63, 3.8) is 0 Å². The van der Waals surface area contributed by atoms with Crippen LogP contribution in [0, 0.1) is 0 Å². The van der Waals surface area contributed by atoms with Gasteiger partial charge in [-0.2, -0.15) is 9.41 Å². The Morgan fingerprint density at radius 1 is 1.04 bits per heavy atom. The van der Waals surface area contributed by atoms with Gasteiger partial charge < -0.3 is 10.2 Å². The second-order valence-electron chi connectivity index (χ2n) is 6.44. The molecule has 0 bridgehead atoms. The number of nitrogens with zero attached hydrogens (tertiary/aromatic N) is 2. The van der Waals surface area contributed by atoms with Crippen LogP contribution < -0.4 is 5.43 Å². The number of benzene rings is 2. The Balaban J connectivity index is 1.71. The van der Waals surface area contributed by atoms with Crippen molar-refractivity contribution in [3.05, 3.63) is 53.6 Å². The molecular weight excluding hydrogens is 382 g/mol. The van der Waals surface area contributed by atoms with Crippen LogP contribution in [0.5, 0.6) is 11.5 Å². The van der Waals surface area contributed by atoms with Gasteiger partial charge in [-0.25, -0.2) is 13.8 Å². The molecule has 9 heteroatoms. The van der Waals surface area contributed by atoms with E-state index < -0.39 is 15.9 Å². The zero-order valence-corrected chi connectivity index (χ0v) is 15.9. The van der Waals surface area contributed by atoms with E-state index in [1.54, 1.807) is 0 Å². The van der Waals surface area contributed by atoms with Crippen molar-refractivity contribution in [3.8, 4) is 11.5 Å². The first-order valence-electron chi connectivity index (χ1n) is 8.83. The first kappa shape index (κ1) is 19.8. The molecule has 28 heavy (non-hydrogen) atoms. The van der Waals surface area contributed by atoms with Crippen molar-refractivity contribution in [1.82, 2.24) is 9.73 Å². The first-order chi connectivity index (χ1) is 13.4. The first-order valence-corrected chi connectivity index (χ1v) is 10.3. The molecule has 0 aliphatic carbocycles. The molecule has 1 aliphatic heterocycles. The highest BCUT2D eigenvalue weighted by Gasteiger charge is 2.26. The molecule has 2 aromatic carbocycles. The summed E-state index contributed by atoms with van der Waals surface area (Å²) in [6, 6.07) is 9.94. The Bertz CT molecular complexity index is 998. The summed E-state index contributed by atoms with van der Waals surface area (Å²) in [5.74, 6) is -1.12. The number of carbonyl (C=O) groups is 1. The lowest BCUT2D eigenvalue weighted by Crippen LogP contribution is -2.35. The van der Waals surface area contributed by atoms with E-state index in [2.05, 4.69) is 10.5 Å². The standard InChI is InChI=1S/C19H21N3O5S/c23-17-8-7-14(11-18(17)24)13-20-21-19(25)15-5-4-6-16(12-15)28(26,27)22-9-2-1-3-10-22/h4-8,11-13,23-24H,1-3,9-10H2,(H,21,25)/b20-13+. The molecule has 0 saturated carbocycles. The fraction of sp³-hybridized carbons (Fsp3) is 0.263. The van der Waals surface area contributed by atoms with Gasteiger partial charge in [0.15, 0.2) is 11.5 Å². The summed E-state index contributed by atoms with van der Waals surface area (Å²) in [4.78, 5) is 12.4. The number of carbonyl (C=O) groups excluding carboxylic acids is 1. The topological polar surface area (TPSA) is 119 Å². The molecule has 1 fully saturated rings. The third kappa shape index (κ3) is 4.49. The fourth-order valence-corrected chi connectivity index (χ4v) is 4.47. The normalized spacial score (nSPS) is 15.6. The van der Waals surface area contributed by atoms with Crippen molar-refractivity contribution in [1.29, 1.82) is 0 Å². The van der Waals surface area contributed by atoms with Gasteiger partial charge in [-0.15, -0.1) is 0 Å². The van der Waals surface area contributed by atoms with Gasteiger partial charge in [-0.1, -0.05) is 12.5 Å². The van der Waals surface area contributed by atoms with Crippen molar-refractivity contribution < 1.29 is 23.4 Å². The lowest BCUT2D eigenvalue weighted by atomic mass is 10.2. The molecular formula is C19H21N3O5S. The Morgan fingerprint density at radius 3 is 2.50 bits per heavy atom. The van der Waals surface area contributed by atoms with E-state index >= 15 is 0 Å². The minimum atomic E-state index is -3.63. The summed E-state index contributed by atoms with van der Waals surface area (Å²) in [6.45, 7) is 0.977. The predicted octanol–water partition coefficient (Wildman–Crippen LogP) is 2.04. The van der Waals surface area contributed by atoms with Gasteiger partial charge in [-0.05, 0) is 54.8 Å². The van der Waals surface area contributed by atoms with Crippen LogP contribution in [0.15, 0.2) is 52.5 Å². The Morgan fingerprint density at radius 2 is 1.79 bits per heavy atom. The van der Waals surface area contributed by atoms with Crippen molar-refractivity contribution >= 4 is 22.1 Å². The number of rotatable bonds is 5. The fourth-order valence-electron chi connectivity index (χ4n) is 2.90. The molecule has 8 nitrogen and oxygen atoms in total. The van der Waals surface area contributed by atoms with Gasteiger partial charge in [-0.3, -0.25) is 4.79 Å². The van der Waals surface area contributed by atoms with E-state index in [9.17, 15) is 23.4 Å². The Hall–Kier alpha value is -2.91. The molecule has 1 amide bonds. The SMILES string of the molecule is O=C(N/N=C/c1ccc(O)c(O)c1)c1cccc(S(=O)(=O)N2CCCCC2)c1. The van der Waals surface area contributed by atoms with E-state index in [1.165, 1.54) is 53.0 Å². The summed E-state index contributed by atoms with van der Waals surface area (Å²) in [5, 5.41) is 22.5. The largest absolute Gasteiger partial charge is 0.504 e. The number of piperidine rings is 1. The number of sulfonamides is 1. The van der Waals surface area contributed by atoms with E-state index in [0.29, 0.717) is 18.7 Å². The molecule has 0 atom stereocenters. The number of hydrogen-bond donors (Lipinski definition) is 3. The van der Waals surface area contributed by atoms with Gasteiger partial charge in [0.25, 0.3) is 5.91 Å². The molecule has 0 radical (unpaired) electrons. The predicted molar refractivity (Wildman–Crippen MR) is 104 cm³/mol. The van der Waals surface area contributed by atoms with E-state index in [-0.39, 0.29) is 22.0 Å². The second kappa shape index (κ2) is 8.41. The lowest BCUT2D eigenvalue weighted by Gasteiger charge is -2.25. The third-order valence-electron chi connectivity index (χ3n) is 4.43. The van der Waals surface area contributed by atoms with E-state index in [0.717, 1.165) is 19.3 Å². The number of hydrogen-bond acceptors (Lipinski definition) is 6. The summed E-state index contributed by atoms with van der Waals surface area (Å²) in [7, 11) is -3.63.